The molecular weight excluding hydrogens is 212 g/mol. The molecule has 0 saturated carbocycles. The number of aromatic amines is 1. The number of halogens is 1. The van der Waals surface area contributed by atoms with E-state index in [9.17, 15) is 0 Å². The molecule has 4 nitrogen and oxygen atoms in total. The minimum Gasteiger partial charge on any atom is -0.372 e. The van der Waals surface area contributed by atoms with Gasteiger partial charge in [0.25, 0.3) is 0 Å². The van der Waals surface area contributed by atoms with Crippen LogP contribution >= 0.6 is 11.6 Å². The Kier molecular flexibility index (Phi) is 3.91. The smallest absolute Gasteiger partial charge is 0.138 e. The van der Waals surface area contributed by atoms with Crippen LogP contribution in [0.5, 0.6) is 0 Å². The highest BCUT2D eigenvalue weighted by atomic mass is 35.5. The minimum absolute atomic E-state index is 0.448. The average Bonchev–Trinajstić information content (AvgIpc) is 2.62. The molecule has 15 heavy (non-hydrogen) atoms. The first-order valence-corrected chi connectivity index (χ1v) is 5.29. The summed E-state index contributed by atoms with van der Waals surface area (Å²) in [4.78, 5) is 4.15. The van der Waals surface area contributed by atoms with Crippen LogP contribution in [0.2, 0.25) is 5.15 Å². The minimum atomic E-state index is 0.448. The Morgan fingerprint density at radius 2 is 2.07 bits per heavy atom. The molecule has 0 radical (unpaired) electrons. The Balaban J connectivity index is 0.000000531. The molecule has 0 aromatic carbocycles. The maximum atomic E-state index is 5.81. The van der Waals surface area contributed by atoms with Crippen molar-refractivity contribution in [3.05, 3.63) is 16.9 Å². The van der Waals surface area contributed by atoms with Gasteiger partial charge in [-0.25, -0.2) is 4.98 Å². The van der Waals surface area contributed by atoms with Crippen molar-refractivity contribution in [2.75, 3.05) is 12.4 Å². The SMILES string of the molecule is CC.CNc1nc(Cl)cc2n[nH]c(C)c12. The fourth-order valence-electron chi connectivity index (χ4n) is 1.34. The monoisotopic (exact) mass is 226 g/mol. The topological polar surface area (TPSA) is 53.6 Å². The number of rotatable bonds is 1. The van der Waals surface area contributed by atoms with Crippen LogP contribution in [0.15, 0.2) is 6.07 Å². The zero-order valence-electron chi connectivity index (χ0n) is 9.35. The van der Waals surface area contributed by atoms with E-state index in [0.29, 0.717) is 5.15 Å². The van der Waals surface area contributed by atoms with Crippen LogP contribution in [-0.2, 0) is 0 Å². The van der Waals surface area contributed by atoms with E-state index in [1.54, 1.807) is 6.07 Å². The molecule has 2 heterocycles. The van der Waals surface area contributed by atoms with E-state index in [2.05, 4.69) is 20.5 Å². The Labute approximate surface area is 94.0 Å². The van der Waals surface area contributed by atoms with Crippen molar-refractivity contribution in [2.45, 2.75) is 20.8 Å². The summed E-state index contributed by atoms with van der Waals surface area (Å²) < 4.78 is 0. The zero-order valence-corrected chi connectivity index (χ0v) is 10.1. The second kappa shape index (κ2) is 4.98. The van der Waals surface area contributed by atoms with Crippen LogP contribution in [0, 0.1) is 6.92 Å². The van der Waals surface area contributed by atoms with Gasteiger partial charge in [0.1, 0.15) is 11.0 Å². The summed E-state index contributed by atoms with van der Waals surface area (Å²) in [6.07, 6.45) is 0. The van der Waals surface area contributed by atoms with E-state index in [4.69, 9.17) is 11.6 Å². The maximum absolute atomic E-state index is 5.81. The van der Waals surface area contributed by atoms with Gasteiger partial charge < -0.3 is 5.32 Å². The van der Waals surface area contributed by atoms with Crippen LogP contribution in [0.25, 0.3) is 10.9 Å². The van der Waals surface area contributed by atoms with E-state index in [1.807, 2.05) is 27.8 Å². The van der Waals surface area contributed by atoms with Crippen LogP contribution in [-0.4, -0.2) is 22.2 Å². The third-order valence-electron chi connectivity index (χ3n) is 1.92. The summed E-state index contributed by atoms with van der Waals surface area (Å²) in [6, 6.07) is 1.74. The molecular formula is C10H15ClN4. The molecule has 0 aliphatic rings. The molecule has 0 atom stereocenters. The van der Waals surface area contributed by atoms with E-state index in [-0.39, 0.29) is 0 Å². The number of fused-ring (bicyclic) bond motifs is 1. The third kappa shape index (κ3) is 2.21. The van der Waals surface area contributed by atoms with Crippen LogP contribution in [0.1, 0.15) is 19.5 Å². The first-order chi connectivity index (χ1) is 7.22. The number of pyridine rings is 1. The van der Waals surface area contributed by atoms with E-state index in [0.717, 1.165) is 22.4 Å². The number of anilines is 1. The van der Waals surface area contributed by atoms with Gasteiger partial charge in [0.15, 0.2) is 0 Å². The molecule has 82 valence electrons. The number of nitrogens with zero attached hydrogens (tertiary/aromatic N) is 2. The molecule has 0 saturated heterocycles. The Bertz CT molecular complexity index is 450. The van der Waals surface area contributed by atoms with Crippen molar-refractivity contribution in [3.8, 4) is 0 Å². The number of aromatic nitrogens is 3. The molecule has 0 amide bonds. The van der Waals surface area contributed by atoms with Gasteiger partial charge in [-0.15, -0.1) is 0 Å². The van der Waals surface area contributed by atoms with Crippen molar-refractivity contribution < 1.29 is 0 Å². The molecule has 2 N–H and O–H groups in total. The molecule has 0 unspecified atom stereocenters. The van der Waals surface area contributed by atoms with Gasteiger partial charge in [0.2, 0.25) is 0 Å². The normalized spacial score (nSPS) is 9.67. The predicted octanol–water partition coefficient (Wildman–Crippen LogP) is 2.99. The summed E-state index contributed by atoms with van der Waals surface area (Å²) >= 11 is 5.81. The fourth-order valence-corrected chi connectivity index (χ4v) is 1.53. The molecule has 0 aliphatic carbocycles. The first-order valence-electron chi connectivity index (χ1n) is 4.91. The van der Waals surface area contributed by atoms with Crippen molar-refractivity contribution in [1.29, 1.82) is 0 Å². The quantitative estimate of drug-likeness (QED) is 0.735. The highest BCUT2D eigenvalue weighted by molar-refractivity contribution is 6.30. The number of aryl methyl sites for hydroxylation is 1. The fraction of sp³-hybridized carbons (Fsp3) is 0.400. The lowest BCUT2D eigenvalue weighted by molar-refractivity contribution is 1.07. The highest BCUT2D eigenvalue weighted by Crippen LogP contribution is 2.25. The summed E-state index contributed by atoms with van der Waals surface area (Å²) in [6.45, 7) is 5.95. The van der Waals surface area contributed by atoms with Crippen molar-refractivity contribution in [2.24, 2.45) is 0 Å². The summed E-state index contributed by atoms with van der Waals surface area (Å²) in [5.41, 5.74) is 1.82. The molecule has 0 fully saturated rings. The molecule has 2 aromatic rings. The number of nitrogens with one attached hydrogen (secondary N) is 2. The molecule has 0 spiro atoms. The van der Waals surface area contributed by atoms with Crippen LogP contribution in [0.3, 0.4) is 0 Å². The largest absolute Gasteiger partial charge is 0.372 e. The molecule has 0 aliphatic heterocycles. The lowest BCUT2D eigenvalue weighted by Gasteiger charge is -2.01. The standard InChI is InChI=1S/C8H9ClN4.C2H6/c1-4-7-5(13-12-4)3-6(9)11-8(7)10-2;1-2/h3H,1-2H3,(H,10,11)(H,12,13);1-2H3. The zero-order chi connectivity index (χ0) is 11.4. The van der Waals surface area contributed by atoms with Crippen molar-refractivity contribution in [3.63, 3.8) is 0 Å². The van der Waals surface area contributed by atoms with Crippen molar-refractivity contribution >= 4 is 28.3 Å². The second-order valence-corrected chi connectivity index (χ2v) is 3.17. The Morgan fingerprint density at radius 3 is 2.67 bits per heavy atom. The van der Waals surface area contributed by atoms with Crippen LogP contribution in [0.4, 0.5) is 5.82 Å². The molecule has 2 aromatic heterocycles. The molecule has 5 heteroatoms. The third-order valence-corrected chi connectivity index (χ3v) is 2.12. The van der Waals surface area contributed by atoms with Gasteiger partial charge in [-0.2, -0.15) is 5.10 Å². The van der Waals surface area contributed by atoms with Crippen molar-refractivity contribution in [1.82, 2.24) is 15.2 Å². The number of hydrogen-bond acceptors (Lipinski definition) is 3. The van der Waals surface area contributed by atoms with Gasteiger partial charge in [0.05, 0.1) is 10.9 Å². The van der Waals surface area contributed by atoms with E-state index < -0.39 is 0 Å². The summed E-state index contributed by atoms with van der Waals surface area (Å²) in [7, 11) is 1.81. The highest BCUT2D eigenvalue weighted by Gasteiger charge is 2.08. The Morgan fingerprint density at radius 1 is 1.40 bits per heavy atom. The van der Waals surface area contributed by atoms with Crippen LogP contribution < -0.4 is 5.32 Å². The average molecular weight is 227 g/mol. The lowest BCUT2D eigenvalue weighted by atomic mass is 10.2. The van der Waals surface area contributed by atoms with E-state index in [1.165, 1.54) is 0 Å². The Hall–Kier alpha value is -1.29. The van der Waals surface area contributed by atoms with Gasteiger partial charge in [-0.1, -0.05) is 25.4 Å². The summed E-state index contributed by atoms with van der Waals surface area (Å²) in [5, 5.41) is 11.4. The van der Waals surface area contributed by atoms with Gasteiger partial charge in [-0.3, -0.25) is 5.10 Å². The van der Waals surface area contributed by atoms with E-state index >= 15 is 0 Å². The second-order valence-electron chi connectivity index (χ2n) is 2.79. The van der Waals surface area contributed by atoms with Gasteiger partial charge in [-0.05, 0) is 6.92 Å². The first kappa shape index (κ1) is 11.8. The molecule has 2 rings (SSSR count). The maximum Gasteiger partial charge on any atom is 0.138 e. The van der Waals surface area contributed by atoms with Gasteiger partial charge in [0, 0.05) is 18.8 Å². The predicted molar refractivity (Wildman–Crippen MR) is 64.5 cm³/mol. The molecule has 0 bridgehead atoms. The number of hydrogen-bond donors (Lipinski definition) is 2. The van der Waals surface area contributed by atoms with Gasteiger partial charge >= 0.3 is 0 Å². The lowest BCUT2D eigenvalue weighted by Crippen LogP contribution is -1.93. The number of H-pyrrole nitrogens is 1. The summed E-state index contributed by atoms with van der Waals surface area (Å²) in [5.74, 6) is 0.758.